The van der Waals surface area contributed by atoms with Crippen LogP contribution in [0.5, 0.6) is 0 Å². The van der Waals surface area contributed by atoms with Gasteiger partial charge in [-0.2, -0.15) is 0 Å². The lowest BCUT2D eigenvalue weighted by atomic mass is 9.98. The standard InChI is InChI=1S/C11H22N2O3/c1-16-8-9(14)4-7-13-10(15)11(12)5-2-3-6-11/h9,14H,2-8,12H2,1H3,(H,13,15). The molecule has 1 fully saturated rings. The number of ether oxygens (including phenoxy) is 1. The highest BCUT2D eigenvalue weighted by atomic mass is 16.5. The lowest BCUT2D eigenvalue weighted by Crippen LogP contribution is -2.52. The van der Waals surface area contributed by atoms with Gasteiger partial charge in [0.25, 0.3) is 0 Å². The maximum absolute atomic E-state index is 11.8. The second kappa shape index (κ2) is 6.18. The van der Waals surface area contributed by atoms with Crippen molar-refractivity contribution in [1.29, 1.82) is 0 Å². The molecule has 1 amide bonds. The molecule has 1 rings (SSSR count). The first kappa shape index (κ1) is 13.4. The second-order valence-electron chi connectivity index (χ2n) is 4.52. The number of aliphatic hydroxyl groups excluding tert-OH is 1. The molecule has 0 spiro atoms. The molecule has 1 saturated carbocycles. The second-order valence-corrected chi connectivity index (χ2v) is 4.52. The summed E-state index contributed by atoms with van der Waals surface area (Å²) >= 11 is 0. The molecule has 0 saturated heterocycles. The van der Waals surface area contributed by atoms with E-state index in [2.05, 4.69) is 5.32 Å². The minimum atomic E-state index is -0.674. The van der Waals surface area contributed by atoms with Crippen molar-refractivity contribution in [2.45, 2.75) is 43.7 Å². The summed E-state index contributed by atoms with van der Waals surface area (Å²) in [6.45, 7) is 0.742. The molecule has 0 radical (unpaired) electrons. The number of rotatable bonds is 6. The number of carbonyl (C=O) groups is 1. The molecule has 94 valence electrons. The van der Waals surface area contributed by atoms with Gasteiger partial charge in [0.15, 0.2) is 0 Å². The summed E-state index contributed by atoms with van der Waals surface area (Å²) in [5, 5.41) is 12.2. The van der Waals surface area contributed by atoms with E-state index in [1.807, 2.05) is 0 Å². The fourth-order valence-electron chi connectivity index (χ4n) is 2.04. The largest absolute Gasteiger partial charge is 0.391 e. The van der Waals surface area contributed by atoms with Crippen molar-refractivity contribution >= 4 is 5.91 Å². The third kappa shape index (κ3) is 3.73. The molecular weight excluding hydrogens is 208 g/mol. The Labute approximate surface area is 96.3 Å². The van der Waals surface area contributed by atoms with E-state index in [-0.39, 0.29) is 5.91 Å². The summed E-state index contributed by atoms with van der Waals surface area (Å²) in [7, 11) is 1.54. The van der Waals surface area contributed by atoms with E-state index in [4.69, 9.17) is 10.5 Å². The van der Waals surface area contributed by atoms with Gasteiger partial charge in [0.05, 0.1) is 18.2 Å². The molecule has 0 aliphatic heterocycles. The van der Waals surface area contributed by atoms with Crippen LogP contribution in [0.1, 0.15) is 32.1 Å². The van der Waals surface area contributed by atoms with Gasteiger partial charge >= 0.3 is 0 Å². The average molecular weight is 230 g/mol. The summed E-state index contributed by atoms with van der Waals surface area (Å²) in [6.07, 6.45) is 3.55. The maximum atomic E-state index is 11.8. The van der Waals surface area contributed by atoms with E-state index in [1.54, 1.807) is 0 Å². The topological polar surface area (TPSA) is 84.6 Å². The molecule has 1 atom stereocenters. The molecule has 0 aromatic heterocycles. The fraction of sp³-hybridized carbons (Fsp3) is 0.909. The Hall–Kier alpha value is -0.650. The third-order valence-corrected chi connectivity index (χ3v) is 3.07. The van der Waals surface area contributed by atoms with Gasteiger partial charge in [-0.25, -0.2) is 0 Å². The van der Waals surface area contributed by atoms with Crippen molar-refractivity contribution in [1.82, 2.24) is 5.32 Å². The first-order valence-corrected chi connectivity index (χ1v) is 5.83. The van der Waals surface area contributed by atoms with Crippen molar-refractivity contribution < 1.29 is 14.6 Å². The van der Waals surface area contributed by atoms with E-state index >= 15 is 0 Å². The number of methoxy groups -OCH3 is 1. The normalized spacial score (nSPS) is 20.7. The molecule has 5 nitrogen and oxygen atoms in total. The van der Waals surface area contributed by atoms with Crippen LogP contribution in [0.15, 0.2) is 0 Å². The van der Waals surface area contributed by atoms with Gasteiger partial charge in [-0.15, -0.1) is 0 Å². The summed E-state index contributed by atoms with van der Waals surface area (Å²) in [6, 6.07) is 0. The average Bonchev–Trinajstić information content (AvgIpc) is 2.67. The van der Waals surface area contributed by atoms with Crippen LogP contribution < -0.4 is 11.1 Å². The number of hydrogen-bond donors (Lipinski definition) is 3. The van der Waals surface area contributed by atoms with Gasteiger partial charge < -0.3 is 20.9 Å². The summed E-state index contributed by atoms with van der Waals surface area (Å²) in [4.78, 5) is 11.8. The number of aliphatic hydroxyl groups is 1. The molecule has 4 N–H and O–H groups in total. The van der Waals surface area contributed by atoms with Crippen LogP contribution >= 0.6 is 0 Å². The lowest BCUT2D eigenvalue weighted by Gasteiger charge is -2.22. The Bertz CT molecular complexity index is 227. The lowest BCUT2D eigenvalue weighted by molar-refractivity contribution is -0.126. The first-order chi connectivity index (χ1) is 7.58. The van der Waals surface area contributed by atoms with E-state index in [9.17, 15) is 9.90 Å². The molecule has 0 heterocycles. The quantitative estimate of drug-likeness (QED) is 0.588. The van der Waals surface area contributed by atoms with Gasteiger partial charge in [-0.3, -0.25) is 4.79 Å². The maximum Gasteiger partial charge on any atom is 0.240 e. The van der Waals surface area contributed by atoms with Gasteiger partial charge in [-0.1, -0.05) is 12.8 Å². The molecular formula is C11H22N2O3. The number of amides is 1. The van der Waals surface area contributed by atoms with Crippen molar-refractivity contribution in [3.8, 4) is 0 Å². The first-order valence-electron chi connectivity index (χ1n) is 5.83. The highest BCUT2D eigenvalue weighted by molar-refractivity contribution is 5.86. The summed E-state index contributed by atoms with van der Waals surface area (Å²) in [5.41, 5.74) is 5.30. The van der Waals surface area contributed by atoms with E-state index in [1.165, 1.54) is 7.11 Å². The Kier molecular flexibility index (Phi) is 5.18. The number of nitrogens with one attached hydrogen (secondary N) is 1. The molecule has 0 bridgehead atoms. The Morgan fingerprint density at radius 2 is 2.19 bits per heavy atom. The summed E-state index contributed by atoms with van der Waals surface area (Å²) < 4.78 is 4.79. The van der Waals surface area contributed by atoms with E-state index in [0.29, 0.717) is 19.6 Å². The zero-order valence-corrected chi connectivity index (χ0v) is 9.87. The number of carbonyl (C=O) groups excluding carboxylic acids is 1. The highest BCUT2D eigenvalue weighted by Gasteiger charge is 2.36. The van der Waals surface area contributed by atoms with Gasteiger partial charge in [-0.05, 0) is 19.3 Å². The monoisotopic (exact) mass is 230 g/mol. The fourth-order valence-corrected chi connectivity index (χ4v) is 2.04. The van der Waals surface area contributed by atoms with Crippen LogP contribution in [-0.4, -0.2) is 42.9 Å². The molecule has 0 aromatic rings. The van der Waals surface area contributed by atoms with Gasteiger partial charge in [0.2, 0.25) is 5.91 Å². The zero-order chi connectivity index (χ0) is 12.0. The Balaban J connectivity index is 2.19. The van der Waals surface area contributed by atoms with Gasteiger partial charge in [0, 0.05) is 13.7 Å². The SMILES string of the molecule is COCC(O)CCNC(=O)C1(N)CCCC1. The van der Waals surface area contributed by atoms with Crippen molar-refractivity contribution in [2.75, 3.05) is 20.3 Å². The third-order valence-electron chi connectivity index (χ3n) is 3.07. The number of nitrogens with two attached hydrogens (primary N) is 1. The van der Waals surface area contributed by atoms with Crippen molar-refractivity contribution in [3.63, 3.8) is 0 Å². The van der Waals surface area contributed by atoms with Crippen LogP contribution in [0, 0.1) is 0 Å². The molecule has 16 heavy (non-hydrogen) atoms. The minimum Gasteiger partial charge on any atom is -0.391 e. The Morgan fingerprint density at radius 3 is 2.75 bits per heavy atom. The predicted octanol–water partition coefficient (Wildman–Crippen LogP) is -0.228. The molecule has 0 aromatic carbocycles. The smallest absolute Gasteiger partial charge is 0.240 e. The van der Waals surface area contributed by atoms with Crippen LogP contribution in [0.4, 0.5) is 0 Å². The van der Waals surface area contributed by atoms with E-state index in [0.717, 1.165) is 25.7 Å². The van der Waals surface area contributed by atoms with Gasteiger partial charge in [0.1, 0.15) is 0 Å². The summed E-state index contributed by atoms with van der Waals surface area (Å²) in [5.74, 6) is -0.0883. The molecule has 1 aliphatic carbocycles. The van der Waals surface area contributed by atoms with Crippen molar-refractivity contribution in [2.24, 2.45) is 5.73 Å². The van der Waals surface area contributed by atoms with Crippen LogP contribution in [0.25, 0.3) is 0 Å². The molecule has 5 heteroatoms. The van der Waals surface area contributed by atoms with E-state index < -0.39 is 11.6 Å². The van der Waals surface area contributed by atoms with Crippen LogP contribution in [0.2, 0.25) is 0 Å². The molecule has 1 aliphatic rings. The van der Waals surface area contributed by atoms with Crippen LogP contribution in [0.3, 0.4) is 0 Å². The highest BCUT2D eigenvalue weighted by Crippen LogP contribution is 2.27. The zero-order valence-electron chi connectivity index (χ0n) is 9.87. The molecule has 1 unspecified atom stereocenters. The van der Waals surface area contributed by atoms with Crippen molar-refractivity contribution in [3.05, 3.63) is 0 Å². The number of hydrogen-bond acceptors (Lipinski definition) is 4. The predicted molar refractivity (Wildman–Crippen MR) is 60.9 cm³/mol. The van der Waals surface area contributed by atoms with Crippen LogP contribution in [-0.2, 0) is 9.53 Å². The Morgan fingerprint density at radius 1 is 1.56 bits per heavy atom. The minimum absolute atomic E-state index is 0.0883.